The van der Waals surface area contributed by atoms with Gasteiger partial charge in [-0.05, 0) is 43.3 Å². The Morgan fingerprint density at radius 1 is 1.14 bits per heavy atom. The predicted octanol–water partition coefficient (Wildman–Crippen LogP) is 3.25. The summed E-state index contributed by atoms with van der Waals surface area (Å²) in [4.78, 5) is 26.4. The summed E-state index contributed by atoms with van der Waals surface area (Å²) >= 11 is 0. The number of morpholine rings is 1. The second-order valence-electron chi connectivity index (χ2n) is 6.57. The molecule has 152 valence electrons. The number of anilines is 2. The Kier molecular flexibility index (Phi) is 6.97. The number of rotatable bonds is 6. The number of nitrogens with one attached hydrogen (secondary N) is 1. The van der Waals surface area contributed by atoms with Crippen LogP contribution >= 0.6 is 0 Å². The molecule has 0 saturated carbocycles. The number of benzene rings is 2. The van der Waals surface area contributed by atoms with E-state index in [2.05, 4.69) is 10.2 Å². The van der Waals surface area contributed by atoms with Crippen LogP contribution in [-0.2, 0) is 19.1 Å². The van der Waals surface area contributed by atoms with E-state index in [4.69, 9.17) is 9.47 Å². The zero-order valence-corrected chi connectivity index (χ0v) is 16.1. The number of amides is 1. The number of esters is 1. The van der Waals surface area contributed by atoms with Gasteiger partial charge in [-0.15, -0.1) is 0 Å². The lowest BCUT2D eigenvalue weighted by Gasteiger charge is -2.28. The van der Waals surface area contributed by atoms with E-state index in [1.54, 1.807) is 24.3 Å². The molecule has 0 unspecified atom stereocenters. The van der Waals surface area contributed by atoms with Crippen LogP contribution < -0.4 is 10.2 Å². The Balaban J connectivity index is 1.50. The lowest BCUT2D eigenvalue weighted by molar-refractivity contribution is -0.148. The van der Waals surface area contributed by atoms with Gasteiger partial charge in [0, 0.05) is 36.1 Å². The second kappa shape index (κ2) is 9.84. The molecule has 1 N–H and O–H groups in total. The molecule has 1 aliphatic rings. The third-order valence-corrected chi connectivity index (χ3v) is 4.48. The van der Waals surface area contributed by atoms with Gasteiger partial charge < -0.3 is 19.7 Å². The Bertz CT molecular complexity index is 877. The molecule has 2 aromatic carbocycles. The van der Waals surface area contributed by atoms with E-state index in [9.17, 15) is 14.0 Å². The van der Waals surface area contributed by atoms with Crippen molar-refractivity contribution in [2.24, 2.45) is 0 Å². The van der Waals surface area contributed by atoms with Crippen molar-refractivity contribution >= 4 is 29.3 Å². The highest BCUT2D eigenvalue weighted by molar-refractivity contribution is 5.96. The van der Waals surface area contributed by atoms with Gasteiger partial charge in [-0.3, -0.25) is 4.79 Å². The molecule has 2 aromatic rings. The number of hydrogen-bond donors (Lipinski definition) is 1. The van der Waals surface area contributed by atoms with E-state index < -0.39 is 23.8 Å². The Morgan fingerprint density at radius 2 is 1.83 bits per heavy atom. The summed E-state index contributed by atoms with van der Waals surface area (Å²) in [6.07, 6.45) is 1.41. The van der Waals surface area contributed by atoms with Gasteiger partial charge in [-0.25, -0.2) is 9.18 Å². The normalized spacial score (nSPS) is 15.2. The van der Waals surface area contributed by atoms with Crippen LogP contribution in [0, 0.1) is 5.82 Å². The number of carbonyl (C=O) groups excluding carboxylic acids is 2. The molecule has 0 spiro atoms. The first-order valence-corrected chi connectivity index (χ1v) is 9.40. The zero-order valence-electron chi connectivity index (χ0n) is 16.1. The molecule has 0 aromatic heterocycles. The Hall–Kier alpha value is -3.19. The van der Waals surface area contributed by atoms with Crippen LogP contribution in [0.25, 0.3) is 6.08 Å². The first-order chi connectivity index (χ1) is 14.0. The van der Waals surface area contributed by atoms with Crippen LogP contribution in [0.3, 0.4) is 0 Å². The number of halogens is 1. The topological polar surface area (TPSA) is 67.9 Å². The standard InChI is InChI=1S/C22H23FN2O4/c1-16(29-21(26)11-6-17-4-2-3-5-20(17)23)22(27)24-18-7-9-19(10-8-18)25-12-14-28-15-13-25/h2-11,16H,12-15H2,1H3,(H,24,27)/b11-6+/t16-/m1/s1. The number of hydrogen-bond acceptors (Lipinski definition) is 5. The van der Waals surface area contributed by atoms with Gasteiger partial charge in [-0.1, -0.05) is 18.2 Å². The van der Waals surface area contributed by atoms with Gasteiger partial charge in [0.2, 0.25) is 0 Å². The molecular weight excluding hydrogens is 375 g/mol. The molecule has 3 rings (SSSR count). The molecule has 1 fully saturated rings. The van der Waals surface area contributed by atoms with Crippen LogP contribution in [0.1, 0.15) is 12.5 Å². The first-order valence-electron chi connectivity index (χ1n) is 9.40. The SMILES string of the molecule is C[C@@H](OC(=O)/C=C/c1ccccc1F)C(=O)Nc1ccc(N2CCOCC2)cc1. The molecule has 1 saturated heterocycles. The fraction of sp³-hybridized carbons (Fsp3) is 0.273. The molecule has 1 amide bonds. The maximum Gasteiger partial charge on any atom is 0.331 e. The van der Waals surface area contributed by atoms with Crippen LogP contribution in [-0.4, -0.2) is 44.3 Å². The van der Waals surface area contributed by atoms with Gasteiger partial charge >= 0.3 is 5.97 Å². The summed E-state index contributed by atoms with van der Waals surface area (Å²) in [5.74, 6) is -1.61. The maximum atomic E-state index is 13.5. The zero-order chi connectivity index (χ0) is 20.6. The third-order valence-electron chi connectivity index (χ3n) is 4.48. The minimum Gasteiger partial charge on any atom is -0.449 e. The van der Waals surface area contributed by atoms with Gasteiger partial charge in [0.25, 0.3) is 5.91 Å². The lowest BCUT2D eigenvalue weighted by atomic mass is 10.2. The van der Waals surface area contributed by atoms with Crippen molar-refractivity contribution in [2.75, 3.05) is 36.5 Å². The van der Waals surface area contributed by atoms with E-state index in [0.717, 1.165) is 24.9 Å². The summed E-state index contributed by atoms with van der Waals surface area (Å²) in [6.45, 7) is 4.55. The minimum absolute atomic E-state index is 0.266. The fourth-order valence-electron chi connectivity index (χ4n) is 2.86. The maximum absolute atomic E-state index is 13.5. The molecule has 6 nitrogen and oxygen atoms in total. The van der Waals surface area contributed by atoms with Crippen LogP contribution in [0.5, 0.6) is 0 Å². The quantitative estimate of drug-likeness (QED) is 0.598. The Labute approximate surface area is 168 Å². The Morgan fingerprint density at radius 3 is 2.52 bits per heavy atom. The molecule has 1 atom stereocenters. The molecule has 1 heterocycles. The summed E-state index contributed by atoms with van der Waals surface area (Å²) in [5.41, 5.74) is 1.93. The number of nitrogens with zero attached hydrogens (tertiary/aromatic N) is 1. The van der Waals surface area contributed by atoms with E-state index in [-0.39, 0.29) is 5.56 Å². The van der Waals surface area contributed by atoms with Gasteiger partial charge in [0.15, 0.2) is 6.10 Å². The molecule has 7 heteroatoms. The summed E-state index contributed by atoms with van der Waals surface area (Å²) < 4.78 is 24.0. The van der Waals surface area contributed by atoms with Crippen molar-refractivity contribution in [3.8, 4) is 0 Å². The van der Waals surface area contributed by atoms with Crippen molar-refractivity contribution in [3.05, 3.63) is 66.0 Å². The highest BCUT2D eigenvalue weighted by Gasteiger charge is 2.17. The summed E-state index contributed by atoms with van der Waals surface area (Å²) in [5, 5.41) is 2.72. The van der Waals surface area contributed by atoms with Crippen LogP contribution in [0.15, 0.2) is 54.6 Å². The molecular formula is C22H23FN2O4. The van der Waals surface area contributed by atoms with Crippen molar-refractivity contribution in [1.29, 1.82) is 0 Å². The largest absolute Gasteiger partial charge is 0.449 e. The average molecular weight is 398 g/mol. The smallest absolute Gasteiger partial charge is 0.331 e. The highest BCUT2D eigenvalue weighted by atomic mass is 19.1. The van der Waals surface area contributed by atoms with E-state index in [0.29, 0.717) is 18.9 Å². The lowest BCUT2D eigenvalue weighted by Crippen LogP contribution is -2.36. The van der Waals surface area contributed by atoms with Gasteiger partial charge in [-0.2, -0.15) is 0 Å². The first kappa shape index (κ1) is 20.5. The van der Waals surface area contributed by atoms with Gasteiger partial charge in [0.05, 0.1) is 13.2 Å². The second-order valence-corrected chi connectivity index (χ2v) is 6.57. The van der Waals surface area contributed by atoms with Crippen LogP contribution in [0.2, 0.25) is 0 Å². The highest BCUT2D eigenvalue weighted by Crippen LogP contribution is 2.19. The van der Waals surface area contributed by atoms with E-state index in [1.165, 1.54) is 25.1 Å². The average Bonchev–Trinajstić information content (AvgIpc) is 2.74. The molecule has 29 heavy (non-hydrogen) atoms. The monoisotopic (exact) mass is 398 g/mol. The van der Waals surface area contributed by atoms with Crippen LogP contribution in [0.4, 0.5) is 15.8 Å². The van der Waals surface area contributed by atoms with E-state index >= 15 is 0 Å². The predicted molar refractivity (Wildman–Crippen MR) is 109 cm³/mol. The number of carbonyl (C=O) groups is 2. The van der Waals surface area contributed by atoms with Crippen molar-refractivity contribution in [1.82, 2.24) is 0 Å². The molecule has 0 radical (unpaired) electrons. The van der Waals surface area contributed by atoms with Crippen molar-refractivity contribution in [2.45, 2.75) is 13.0 Å². The number of ether oxygens (including phenoxy) is 2. The molecule has 0 aliphatic carbocycles. The molecule has 1 aliphatic heterocycles. The van der Waals surface area contributed by atoms with E-state index in [1.807, 2.05) is 12.1 Å². The van der Waals surface area contributed by atoms with Gasteiger partial charge in [0.1, 0.15) is 5.82 Å². The minimum atomic E-state index is -0.994. The van der Waals surface area contributed by atoms with Crippen molar-refractivity contribution in [3.63, 3.8) is 0 Å². The fourth-order valence-corrected chi connectivity index (χ4v) is 2.86. The molecule has 0 bridgehead atoms. The summed E-state index contributed by atoms with van der Waals surface area (Å²) in [7, 11) is 0. The van der Waals surface area contributed by atoms with Crippen molar-refractivity contribution < 1.29 is 23.5 Å². The summed E-state index contributed by atoms with van der Waals surface area (Å²) in [6, 6.07) is 13.5. The third kappa shape index (κ3) is 5.89.